The zero-order chi connectivity index (χ0) is 23.0. The first kappa shape index (κ1) is 23.2. The van der Waals surface area contributed by atoms with Crippen LogP contribution >= 0.6 is 11.6 Å². The van der Waals surface area contributed by atoms with Gasteiger partial charge in [-0.15, -0.1) is 0 Å². The van der Waals surface area contributed by atoms with Crippen LogP contribution in [0.5, 0.6) is 5.75 Å². The van der Waals surface area contributed by atoms with Crippen molar-refractivity contribution in [2.75, 3.05) is 6.61 Å². The van der Waals surface area contributed by atoms with Gasteiger partial charge in [0.15, 0.2) is 6.61 Å². The lowest BCUT2D eigenvalue weighted by molar-refractivity contribution is -0.153. The number of rotatable bonds is 7. The van der Waals surface area contributed by atoms with Gasteiger partial charge in [-0.2, -0.15) is 26.3 Å². The highest BCUT2D eigenvalue weighted by Crippen LogP contribution is 2.44. The molecule has 1 fully saturated rings. The smallest absolute Gasteiger partial charge is 0.422 e. The van der Waals surface area contributed by atoms with Gasteiger partial charge in [0.05, 0.1) is 16.5 Å². The molecule has 1 N–H and O–H groups in total. The van der Waals surface area contributed by atoms with Crippen molar-refractivity contribution in [2.45, 2.75) is 37.5 Å². The van der Waals surface area contributed by atoms with Gasteiger partial charge in [-0.1, -0.05) is 36.6 Å². The zero-order valence-corrected chi connectivity index (χ0v) is 16.6. The molecule has 0 radical (unpaired) electrons. The second-order valence-electron chi connectivity index (χ2n) is 7.43. The zero-order valence-electron chi connectivity index (χ0n) is 15.9. The average molecular weight is 467 g/mol. The Morgan fingerprint density at radius 3 is 2.19 bits per heavy atom. The minimum absolute atomic E-state index is 0.0116. The lowest BCUT2D eigenvalue weighted by Gasteiger charge is -2.19. The Bertz CT molecular complexity index is 949. The maximum Gasteiger partial charge on any atom is 0.422 e. The Kier molecular flexibility index (Phi) is 6.45. The molecule has 10 heteroatoms. The van der Waals surface area contributed by atoms with Crippen molar-refractivity contribution >= 4 is 17.6 Å². The summed E-state index contributed by atoms with van der Waals surface area (Å²) in [7, 11) is 0. The Balaban J connectivity index is 2.07. The monoisotopic (exact) mass is 466 g/mol. The highest BCUT2D eigenvalue weighted by atomic mass is 35.5. The predicted molar refractivity (Wildman–Crippen MR) is 101 cm³/mol. The molecule has 0 amide bonds. The van der Waals surface area contributed by atoms with Crippen molar-refractivity contribution in [3.8, 4) is 16.9 Å². The molecule has 1 unspecified atom stereocenters. The molecule has 1 atom stereocenters. The largest absolute Gasteiger partial charge is 0.482 e. The van der Waals surface area contributed by atoms with E-state index in [1.54, 1.807) is 0 Å². The van der Waals surface area contributed by atoms with Crippen LogP contribution in [0.25, 0.3) is 11.1 Å². The van der Waals surface area contributed by atoms with Crippen LogP contribution in [-0.4, -0.2) is 23.9 Å². The highest BCUT2D eigenvalue weighted by molar-refractivity contribution is 6.32. The van der Waals surface area contributed by atoms with E-state index in [9.17, 15) is 36.2 Å². The number of benzene rings is 2. The molecule has 3 rings (SSSR count). The summed E-state index contributed by atoms with van der Waals surface area (Å²) in [6.07, 6.45) is -7.16. The molecule has 0 bridgehead atoms. The van der Waals surface area contributed by atoms with E-state index >= 15 is 0 Å². The summed E-state index contributed by atoms with van der Waals surface area (Å²) in [6, 6.07) is 6.28. The minimum Gasteiger partial charge on any atom is -0.482 e. The van der Waals surface area contributed by atoms with Gasteiger partial charge in [0.2, 0.25) is 0 Å². The second-order valence-corrected chi connectivity index (χ2v) is 7.84. The number of hydrogen-bond acceptors (Lipinski definition) is 2. The van der Waals surface area contributed by atoms with E-state index < -0.39 is 36.4 Å². The molecule has 1 saturated carbocycles. The first-order valence-corrected chi connectivity index (χ1v) is 9.66. The number of halogens is 7. The Labute approximate surface area is 178 Å². The van der Waals surface area contributed by atoms with Gasteiger partial charge in [0.25, 0.3) is 0 Å². The molecular weight excluding hydrogens is 450 g/mol. The molecule has 2 aromatic rings. The maximum atomic E-state index is 12.9. The van der Waals surface area contributed by atoms with Crippen molar-refractivity contribution in [3.05, 3.63) is 52.5 Å². The number of ether oxygens (including phenoxy) is 1. The Morgan fingerprint density at radius 1 is 1.10 bits per heavy atom. The summed E-state index contributed by atoms with van der Waals surface area (Å²) < 4.78 is 81.5. The molecular formula is C21H17ClF6O3. The first-order chi connectivity index (χ1) is 14.3. The van der Waals surface area contributed by atoms with E-state index in [2.05, 4.69) is 0 Å². The predicted octanol–water partition coefficient (Wildman–Crippen LogP) is 6.94. The summed E-state index contributed by atoms with van der Waals surface area (Å²) in [5, 5.41) is 9.36. The summed E-state index contributed by atoms with van der Waals surface area (Å²) in [6.45, 7) is -1.66. The SMILES string of the molecule is O=C(O)C(CC1CC1)c1cc(Cl)c(OCC(F)(F)F)c(-c2ccc(C(F)(F)F)cc2)c1. The van der Waals surface area contributed by atoms with Crippen molar-refractivity contribution in [1.29, 1.82) is 0 Å². The maximum absolute atomic E-state index is 12.9. The number of aliphatic carboxylic acids is 1. The average Bonchev–Trinajstić information content (AvgIpc) is 3.47. The van der Waals surface area contributed by atoms with Crippen LogP contribution in [-0.2, 0) is 11.0 Å². The molecule has 0 heterocycles. The second kappa shape index (κ2) is 8.61. The lowest BCUT2D eigenvalue weighted by atomic mass is 9.90. The molecule has 0 aromatic heterocycles. The molecule has 3 nitrogen and oxygen atoms in total. The number of alkyl halides is 6. The van der Waals surface area contributed by atoms with E-state index in [-0.39, 0.29) is 33.4 Å². The topological polar surface area (TPSA) is 46.5 Å². The lowest BCUT2D eigenvalue weighted by Crippen LogP contribution is -2.20. The van der Waals surface area contributed by atoms with E-state index in [1.807, 2.05) is 0 Å². The fraction of sp³-hybridized carbons (Fsp3) is 0.381. The van der Waals surface area contributed by atoms with Crippen LogP contribution in [0.3, 0.4) is 0 Å². The minimum atomic E-state index is -4.67. The van der Waals surface area contributed by atoms with Crippen LogP contribution in [0.1, 0.15) is 36.3 Å². The van der Waals surface area contributed by atoms with Gasteiger partial charge >= 0.3 is 18.3 Å². The normalized spacial score (nSPS) is 15.6. The van der Waals surface area contributed by atoms with Gasteiger partial charge in [-0.25, -0.2) is 0 Å². The number of carboxylic acid groups (broad SMARTS) is 1. The summed E-state index contributed by atoms with van der Waals surface area (Å²) >= 11 is 6.15. The molecule has 168 valence electrons. The van der Waals surface area contributed by atoms with Crippen molar-refractivity contribution < 1.29 is 41.0 Å². The van der Waals surface area contributed by atoms with Gasteiger partial charge in [-0.3, -0.25) is 4.79 Å². The molecule has 0 spiro atoms. The van der Waals surface area contributed by atoms with Gasteiger partial charge in [-0.05, 0) is 47.7 Å². The van der Waals surface area contributed by atoms with Crippen molar-refractivity contribution in [2.24, 2.45) is 5.92 Å². The third kappa shape index (κ3) is 6.06. The Hall–Kier alpha value is -2.42. The molecule has 2 aromatic carbocycles. The fourth-order valence-corrected chi connectivity index (χ4v) is 3.52. The third-order valence-corrected chi connectivity index (χ3v) is 5.22. The number of carboxylic acids is 1. The van der Waals surface area contributed by atoms with Crippen molar-refractivity contribution in [3.63, 3.8) is 0 Å². The van der Waals surface area contributed by atoms with E-state index in [4.69, 9.17) is 16.3 Å². The quantitative estimate of drug-likeness (QED) is 0.450. The summed E-state index contributed by atoms with van der Waals surface area (Å²) in [5.41, 5.74) is -0.584. The van der Waals surface area contributed by atoms with E-state index in [0.29, 0.717) is 6.42 Å². The van der Waals surface area contributed by atoms with Crippen LogP contribution in [0.15, 0.2) is 36.4 Å². The molecule has 0 aliphatic heterocycles. The van der Waals surface area contributed by atoms with Gasteiger partial charge in [0, 0.05) is 5.56 Å². The van der Waals surface area contributed by atoms with Crippen LogP contribution in [0.2, 0.25) is 5.02 Å². The van der Waals surface area contributed by atoms with E-state index in [0.717, 1.165) is 37.1 Å². The molecule has 1 aliphatic carbocycles. The van der Waals surface area contributed by atoms with Crippen LogP contribution < -0.4 is 4.74 Å². The van der Waals surface area contributed by atoms with Crippen LogP contribution in [0.4, 0.5) is 26.3 Å². The third-order valence-electron chi connectivity index (χ3n) is 4.94. The first-order valence-electron chi connectivity index (χ1n) is 9.28. The van der Waals surface area contributed by atoms with Gasteiger partial charge < -0.3 is 9.84 Å². The van der Waals surface area contributed by atoms with E-state index in [1.165, 1.54) is 12.1 Å². The van der Waals surface area contributed by atoms with Gasteiger partial charge in [0.1, 0.15) is 5.75 Å². The summed E-state index contributed by atoms with van der Waals surface area (Å²) in [4.78, 5) is 11.8. The number of hydrogen-bond donors (Lipinski definition) is 1. The molecule has 0 saturated heterocycles. The highest BCUT2D eigenvalue weighted by Gasteiger charge is 2.33. The van der Waals surface area contributed by atoms with Crippen molar-refractivity contribution in [1.82, 2.24) is 0 Å². The molecule has 31 heavy (non-hydrogen) atoms. The molecule has 1 aliphatic rings. The number of carbonyl (C=O) groups is 1. The fourth-order valence-electron chi connectivity index (χ4n) is 3.24. The Morgan fingerprint density at radius 2 is 1.71 bits per heavy atom. The summed E-state index contributed by atoms with van der Waals surface area (Å²) in [5.74, 6) is -2.21. The standard InChI is InChI=1S/C21H17ClF6O3/c22-17-9-13(16(19(29)30)7-11-1-2-11)8-15(18(17)31-10-20(23,24)25)12-3-5-14(6-4-12)21(26,27)28/h3-6,8-9,11,16H,1-2,7,10H2,(H,29,30). The van der Waals surface area contributed by atoms with Crippen LogP contribution in [0, 0.1) is 5.92 Å².